The third-order valence-electron chi connectivity index (χ3n) is 4.39. The van der Waals surface area contributed by atoms with Crippen LogP contribution < -0.4 is 10.6 Å². The van der Waals surface area contributed by atoms with Gasteiger partial charge in [0, 0.05) is 12.2 Å². The smallest absolute Gasteiger partial charge is 0.274 e. The Kier molecular flexibility index (Phi) is 7.11. The number of hydrogen-bond acceptors (Lipinski definition) is 3. The molecule has 5 heteroatoms. The predicted octanol–water partition coefficient (Wildman–Crippen LogP) is 4.54. The van der Waals surface area contributed by atoms with Gasteiger partial charge in [-0.15, -0.1) is 0 Å². The maximum atomic E-state index is 12.7. The minimum absolute atomic E-state index is 0.226. The normalized spacial score (nSPS) is 10.9. The number of rotatable bonds is 7. The van der Waals surface area contributed by atoms with E-state index < -0.39 is 0 Å². The zero-order valence-corrected chi connectivity index (χ0v) is 16.8. The van der Waals surface area contributed by atoms with E-state index >= 15 is 0 Å². The second-order valence-electron chi connectivity index (χ2n) is 7.49. The quantitative estimate of drug-likeness (QED) is 0.754. The van der Waals surface area contributed by atoms with Crippen LogP contribution in [-0.2, 0) is 0 Å². The van der Waals surface area contributed by atoms with Crippen LogP contribution in [0.1, 0.15) is 72.1 Å². The summed E-state index contributed by atoms with van der Waals surface area (Å²) in [5.74, 6) is 0.220. The summed E-state index contributed by atoms with van der Waals surface area (Å²) >= 11 is 0. The van der Waals surface area contributed by atoms with Gasteiger partial charge in [0.05, 0.1) is 0 Å². The fraction of sp³-hybridized carbons (Fsp3) is 0.409. The lowest BCUT2D eigenvalue weighted by molar-refractivity contribution is 0.0947. The molecule has 1 heterocycles. The van der Waals surface area contributed by atoms with E-state index in [9.17, 15) is 9.59 Å². The van der Waals surface area contributed by atoms with Crippen LogP contribution in [-0.4, -0.2) is 23.3 Å². The summed E-state index contributed by atoms with van der Waals surface area (Å²) in [6, 6.07) is 10.9. The van der Waals surface area contributed by atoms with Crippen LogP contribution in [0.5, 0.6) is 0 Å². The number of carbonyl (C=O) groups excluding carboxylic acids is 2. The Hall–Kier alpha value is -2.69. The van der Waals surface area contributed by atoms with Gasteiger partial charge in [0.2, 0.25) is 0 Å². The van der Waals surface area contributed by atoms with Crippen LogP contribution in [0.25, 0.3) is 0 Å². The highest BCUT2D eigenvalue weighted by Crippen LogP contribution is 2.27. The van der Waals surface area contributed by atoms with Crippen LogP contribution >= 0.6 is 0 Å². The van der Waals surface area contributed by atoms with Crippen molar-refractivity contribution in [1.82, 2.24) is 10.3 Å². The van der Waals surface area contributed by atoms with Gasteiger partial charge in [-0.2, -0.15) is 0 Å². The van der Waals surface area contributed by atoms with Gasteiger partial charge >= 0.3 is 0 Å². The lowest BCUT2D eigenvalue weighted by atomic mass is 9.98. The molecule has 1 aromatic heterocycles. The highest BCUT2D eigenvalue weighted by molar-refractivity contribution is 6.04. The standard InChI is InChI=1S/C22H29N3O2/c1-14(2)12-13-23-21(26)18-10-7-11-19(24-18)22(27)25-20-16(5)8-6-9-17(20)15(3)4/h6-11,14-15H,12-13H2,1-5H3,(H,23,26)(H,25,27). The molecule has 144 valence electrons. The molecule has 27 heavy (non-hydrogen) atoms. The lowest BCUT2D eigenvalue weighted by Crippen LogP contribution is -2.27. The molecule has 0 aliphatic rings. The summed E-state index contributed by atoms with van der Waals surface area (Å²) in [6.45, 7) is 10.9. The highest BCUT2D eigenvalue weighted by atomic mass is 16.2. The minimum atomic E-state index is -0.317. The number of anilines is 1. The Morgan fingerprint density at radius 3 is 2.22 bits per heavy atom. The summed E-state index contributed by atoms with van der Waals surface area (Å²) < 4.78 is 0. The zero-order chi connectivity index (χ0) is 20.0. The molecule has 5 nitrogen and oxygen atoms in total. The molecular formula is C22H29N3O2. The second kappa shape index (κ2) is 9.31. The van der Waals surface area contributed by atoms with E-state index in [-0.39, 0.29) is 29.1 Å². The molecule has 2 N–H and O–H groups in total. The lowest BCUT2D eigenvalue weighted by Gasteiger charge is -2.16. The van der Waals surface area contributed by atoms with E-state index in [2.05, 4.69) is 43.3 Å². The van der Waals surface area contributed by atoms with Crippen molar-refractivity contribution in [2.75, 3.05) is 11.9 Å². The van der Waals surface area contributed by atoms with Gasteiger partial charge in [-0.3, -0.25) is 9.59 Å². The zero-order valence-electron chi connectivity index (χ0n) is 16.8. The fourth-order valence-electron chi connectivity index (χ4n) is 2.77. The van der Waals surface area contributed by atoms with Crippen molar-refractivity contribution in [2.45, 2.75) is 47.0 Å². The molecule has 2 amide bonds. The molecule has 0 unspecified atom stereocenters. The Bertz CT molecular complexity index is 813. The van der Waals surface area contributed by atoms with Crippen molar-refractivity contribution in [2.24, 2.45) is 5.92 Å². The summed E-state index contributed by atoms with van der Waals surface area (Å²) in [4.78, 5) is 29.2. The first kappa shape index (κ1) is 20.6. The van der Waals surface area contributed by atoms with E-state index in [1.54, 1.807) is 18.2 Å². The monoisotopic (exact) mass is 367 g/mol. The van der Waals surface area contributed by atoms with Crippen molar-refractivity contribution in [3.8, 4) is 0 Å². The van der Waals surface area contributed by atoms with Gasteiger partial charge < -0.3 is 10.6 Å². The van der Waals surface area contributed by atoms with Crippen LogP contribution in [0.4, 0.5) is 5.69 Å². The number of hydrogen-bond donors (Lipinski definition) is 2. The number of benzene rings is 1. The summed E-state index contributed by atoms with van der Waals surface area (Å²) in [5, 5.41) is 5.81. The van der Waals surface area contributed by atoms with E-state index in [0.29, 0.717) is 12.5 Å². The van der Waals surface area contributed by atoms with Gasteiger partial charge in [0.1, 0.15) is 11.4 Å². The Morgan fingerprint density at radius 2 is 1.59 bits per heavy atom. The van der Waals surface area contributed by atoms with Crippen LogP contribution in [0.2, 0.25) is 0 Å². The largest absolute Gasteiger partial charge is 0.351 e. The van der Waals surface area contributed by atoms with Crippen LogP contribution in [0.3, 0.4) is 0 Å². The number of nitrogens with one attached hydrogen (secondary N) is 2. The Labute approximate surface area is 161 Å². The summed E-state index contributed by atoms with van der Waals surface area (Å²) in [5.41, 5.74) is 3.36. The molecular weight excluding hydrogens is 338 g/mol. The number of pyridine rings is 1. The molecule has 0 bridgehead atoms. The fourth-order valence-corrected chi connectivity index (χ4v) is 2.77. The highest BCUT2D eigenvalue weighted by Gasteiger charge is 2.16. The molecule has 0 radical (unpaired) electrons. The van der Waals surface area contributed by atoms with Crippen LogP contribution in [0, 0.1) is 12.8 Å². The number of carbonyl (C=O) groups is 2. The maximum absolute atomic E-state index is 12.7. The number of nitrogens with zero attached hydrogens (tertiary/aromatic N) is 1. The maximum Gasteiger partial charge on any atom is 0.274 e. The molecule has 0 atom stereocenters. The van der Waals surface area contributed by atoms with Crippen molar-refractivity contribution < 1.29 is 9.59 Å². The average molecular weight is 367 g/mol. The topological polar surface area (TPSA) is 71.1 Å². The van der Waals surface area contributed by atoms with Gasteiger partial charge in [-0.25, -0.2) is 4.98 Å². The van der Waals surface area contributed by atoms with Gasteiger partial charge in [-0.05, 0) is 48.4 Å². The van der Waals surface area contributed by atoms with Crippen molar-refractivity contribution in [3.63, 3.8) is 0 Å². The van der Waals surface area contributed by atoms with Gasteiger partial charge in [0.15, 0.2) is 0 Å². The van der Waals surface area contributed by atoms with Crippen LogP contribution in [0.15, 0.2) is 36.4 Å². The number of aryl methyl sites for hydroxylation is 1. The van der Waals surface area contributed by atoms with E-state index in [1.807, 2.05) is 25.1 Å². The third-order valence-corrected chi connectivity index (χ3v) is 4.39. The summed E-state index contributed by atoms with van der Waals surface area (Å²) in [6.07, 6.45) is 0.900. The van der Waals surface area contributed by atoms with Crippen molar-refractivity contribution in [1.29, 1.82) is 0 Å². The molecule has 2 rings (SSSR count). The SMILES string of the molecule is Cc1cccc(C(C)C)c1NC(=O)c1cccc(C(=O)NCCC(C)C)n1. The van der Waals surface area contributed by atoms with E-state index in [0.717, 1.165) is 23.2 Å². The Balaban J connectivity index is 2.15. The van der Waals surface area contributed by atoms with E-state index in [4.69, 9.17) is 0 Å². The molecule has 0 saturated heterocycles. The Morgan fingerprint density at radius 1 is 0.963 bits per heavy atom. The average Bonchev–Trinajstić information content (AvgIpc) is 2.62. The molecule has 2 aromatic rings. The third kappa shape index (κ3) is 5.64. The first-order valence-corrected chi connectivity index (χ1v) is 9.45. The van der Waals surface area contributed by atoms with Gasteiger partial charge in [0.25, 0.3) is 11.8 Å². The molecule has 0 spiro atoms. The van der Waals surface area contributed by atoms with Crippen molar-refractivity contribution in [3.05, 3.63) is 58.9 Å². The first-order valence-electron chi connectivity index (χ1n) is 9.45. The number of para-hydroxylation sites is 1. The van der Waals surface area contributed by atoms with Gasteiger partial charge in [-0.1, -0.05) is 52.0 Å². The molecule has 0 aliphatic heterocycles. The van der Waals surface area contributed by atoms with E-state index in [1.165, 1.54) is 0 Å². The molecule has 0 fully saturated rings. The number of aromatic nitrogens is 1. The molecule has 1 aromatic carbocycles. The first-order chi connectivity index (χ1) is 12.8. The van der Waals surface area contributed by atoms with Crippen molar-refractivity contribution >= 4 is 17.5 Å². The number of amides is 2. The molecule has 0 saturated carbocycles. The summed E-state index contributed by atoms with van der Waals surface area (Å²) in [7, 11) is 0. The second-order valence-corrected chi connectivity index (χ2v) is 7.49. The minimum Gasteiger partial charge on any atom is -0.351 e. The molecule has 0 aliphatic carbocycles. The predicted molar refractivity (Wildman–Crippen MR) is 109 cm³/mol.